The first kappa shape index (κ1) is 10.9. The molecular weight excluding hydrogens is 194 g/mol. The van der Waals surface area contributed by atoms with Crippen LogP contribution in [0.5, 0.6) is 0 Å². The summed E-state index contributed by atoms with van der Waals surface area (Å²) in [5.74, 6) is 0. The van der Waals surface area contributed by atoms with Crippen molar-refractivity contribution in [2.45, 2.75) is 0 Å². The summed E-state index contributed by atoms with van der Waals surface area (Å²) in [6.45, 7) is 3.64. The monoisotopic (exact) mass is 204 g/mol. The summed E-state index contributed by atoms with van der Waals surface area (Å²) in [7, 11) is 0. The fourth-order valence-electron chi connectivity index (χ4n) is 0.626. The molecule has 52 valence electrons. The largest absolute Gasteiger partial charge is 1.00 e. The van der Waals surface area contributed by atoms with Crippen LogP contribution in [0.1, 0.15) is 0 Å². The molecule has 11 heavy (non-hydrogen) atoms. The minimum atomic E-state index is 0. The maximum absolute atomic E-state index is 3.64. The Hall–Kier alpha value is -0.0531. The van der Waals surface area contributed by atoms with Crippen LogP contribution in [0.15, 0.2) is 43.0 Å². The van der Waals surface area contributed by atoms with Crippen molar-refractivity contribution in [3.05, 3.63) is 48.3 Å². The van der Waals surface area contributed by atoms with E-state index in [2.05, 4.69) is 36.2 Å². The van der Waals surface area contributed by atoms with Gasteiger partial charge in [0.25, 0.3) is 0 Å². The number of hydrogen-bond donors (Lipinski definition) is 0. The van der Waals surface area contributed by atoms with Crippen molar-refractivity contribution in [3.63, 3.8) is 0 Å². The molecule has 0 nitrogen and oxygen atoms in total. The molecule has 0 aromatic heterocycles. The fourth-order valence-corrected chi connectivity index (χ4v) is 1.82. The Labute approximate surface area is 86.4 Å². The molecule has 0 amide bonds. The quantitative estimate of drug-likeness (QED) is 0.408. The molecule has 0 fully saturated rings. The van der Waals surface area contributed by atoms with Crippen molar-refractivity contribution in [2.24, 2.45) is 0 Å². The molecule has 0 aliphatic heterocycles. The normalized spacial score (nSPS) is 8.00. The van der Waals surface area contributed by atoms with Crippen LogP contribution in [0.25, 0.3) is 0 Å². The van der Waals surface area contributed by atoms with Gasteiger partial charge in [0.15, 0.2) is 0 Å². The van der Waals surface area contributed by atoms with E-state index in [0.717, 1.165) is 0 Å². The molecule has 1 aromatic carbocycles. The van der Waals surface area contributed by atoms with Crippen LogP contribution in [0.4, 0.5) is 0 Å². The van der Waals surface area contributed by atoms with Gasteiger partial charge in [0.1, 0.15) is 0 Å². The van der Waals surface area contributed by atoms with Gasteiger partial charge in [-0.2, -0.15) is 0 Å². The van der Waals surface area contributed by atoms with E-state index < -0.39 is 0 Å². The maximum atomic E-state index is 3.64. The van der Waals surface area contributed by atoms with Gasteiger partial charge in [-0.05, 0) is 0 Å². The van der Waals surface area contributed by atoms with Gasteiger partial charge in [-0.15, -0.1) is 0 Å². The zero-order chi connectivity index (χ0) is 7.23. The number of hydrogen-bond acceptors (Lipinski definition) is 0. The van der Waals surface area contributed by atoms with Crippen molar-refractivity contribution in [1.29, 1.82) is 0 Å². The predicted molar refractivity (Wildman–Crippen MR) is 46.3 cm³/mol. The summed E-state index contributed by atoms with van der Waals surface area (Å²) < 4.78 is 1.40. The van der Waals surface area contributed by atoms with Crippen LogP contribution in [0.2, 0.25) is 0 Å². The van der Waals surface area contributed by atoms with Crippen LogP contribution in [0, 0.1) is 5.32 Å². The molecule has 2 heteroatoms. The van der Waals surface area contributed by atoms with E-state index in [1.807, 2.05) is 12.1 Å². The average molecular weight is 203 g/mol. The minimum Gasteiger partial charge on any atom is 1.00 e. The van der Waals surface area contributed by atoms with E-state index >= 15 is 0 Å². The standard InChI is InChI=1S/C9H9Se.Li/c1-2-8-10-9-6-4-3-5-7-9;/h2-8H,1H2;/q-1;+1. The molecule has 0 aliphatic rings. The molecule has 0 aliphatic carbocycles. The number of benzene rings is 1. The molecule has 1 rings (SSSR count). The third-order valence-electron chi connectivity index (χ3n) is 1.04. The van der Waals surface area contributed by atoms with Gasteiger partial charge < -0.3 is 0 Å². The summed E-state index contributed by atoms with van der Waals surface area (Å²) in [6, 6.07) is 10.4. The summed E-state index contributed by atoms with van der Waals surface area (Å²) in [5.41, 5.74) is 0. The Morgan fingerprint density at radius 2 is 1.91 bits per heavy atom. The third kappa shape index (κ3) is 4.40. The zero-order valence-electron chi connectivity index (χ0n) is 6.66. The molecule has 1 aromatic rings. The summed E-state index contributed by atoms with van der Waals surface area (Å²) in [4.78, 5) is 0. The van der Waals surface area contributed by atoms with E-state index in [9.17, 15) is 0 Å². The van der Waals surface area contributed by atoms with Crippen LogP contribution < -0.4 is 23.3 Å². The van der Waals surface area contributed by atoms with Crippen molar-refractivity contribution >= 4 is 19.4 Å². The fraction of sp³-hybridized carbons (Fsp3) is 0. The zero-order valence-corrected chi connectivity index (χ0v) is 8.37. The summed E-state index contributed by atoms with van der Waals surface area (Å²) >= 11 is 0.475. The van der Waals surface area contributed by atoms with Gasteiger partial charge in [0.2, 0.25) is 0 Å². The second-order valence-corrected chi connectivity index (χ2v) is 3.86. The van der Waals surface area contributed by atoms with E-state index in [-0.39, 0.29) is 18.9 Å². The topological polar surface area (TPSA) is 0 Å². The van der Waals surface area contributed by atoms with E-state index in [1.54, 1.807) is 0 Å². The van der Waals surface area contributed by atoms with Gasteiger partial charge in [-0.25, -0.2) is 0 Å². The molecule has 0 unspecified atom stereocenters. The Morgan fingerprint density at radius 3 is 2.45 bits per heavy atom. The molecule has 0 atom stereocenters. The smallest absolute Gasteiger partial charge is 1.00 e. The van der Waals surface area contributed by atoms with Gasteiger partial charge in [-0.3, -0.25) is 0 Å². The molecule has 0 spiro atoms. The average Bonchev–Trinajstić information content (AvgIpc) is 2.03. The van der Waals surface area contributed by atoms with E-state index in [4.69, 9.17) is 0 Å². The van der Waals surface area contributed by atoms with Crippen molar-refractivity contribution in [3.8, 4) is 0 Å². The van der Waals surface area contributed by atoms with Crippen LogP contribution in [-0.2, 0) is 0 Å². The van der Waals surface area contributed by atoms with Crippen LogP contribution in [0.3, 0.4) is 0 Å². The van der Waals surface area contributed by atoms with Crippen LogP contribution in [-0.4, -0.2) is 15.0 Å². The number of rotatable bonds is 3. The minimum absolute atomic E-state index is 0. The second-order valence-electron chi connectivity index (χ2n) is 1.80. The molecular formula is C9H9LiSe. The molecule has 0 saturated heterocycles. The summed E-state index contributed by atoms with van der Waals surface area (Å²) in [5, 5.41) is 2.11. The first-order chi connectivity index (χ1) is 4.93. The molecule has 0 saturated carbocycles. The summed E-state index contributed by atoms with van der Waals surface area (Å²) in [6.07, 6.45) is 1.85. The Balaban J connectivity index is 0.000001000. The Kier molecular flexibility index (Phi) is 6.61. The second kappa shape index (κ2) is 6.64. The SMILES string of the molecule is C=C[CH-][Se]c1ccccc1.[Li+]. The third-order valence-corrected chi connectivity index (χ3v) is 2.87. The van der Waals surface area contributed by atoms with Crippen molar-refractivity contribution in [1.82, 2.24) is 0 Å². The molecule has 0 bridgehead atoms. The van der Waals surface area contributed by atoms with Gasteiger partial charge in [0.05, 0.1) is 0 Å². The van der Waals surface area contributed by atoms with E-state index in [0.29, 0.717) is 15.0 Å². The Bertz CT molecular complexity index is 196. The van der Waals surface area contributed by atoms with Crippen molar-refractivity contribution < 1.29 is 18.9 Å². The number of allylic oxidation sites excluding steroid dienone is 1. The van der Waals surface area contributed by atoms with Crippen molar-refractivity contribution in [2.75, 3.05) is 0 Å². The molecule has 0 radical (unpaired) electrons. The first-order valence-corrected chi connectivity index (χ1v) is 4.94. The van der Waals surface area contributed by atoms with Gasteiger partial charge in [0, 0.05) is 0 Å². The molecule has 0 N–H and O–H groups in total. The molecule has 0 heterocycles. The Morgan fingerprint density at radius 1 is 1.27 bits per heavy atom. The van der Waals surface area contributed by atoms with Crippen LogP contribution >= 0.6 is 0 Å². The van der Waals surface area contributed by atoms with Gasteiger partial charge >= 0.3 is 86.6 Å². The maximum Gasteiger partial charge on any atom is 1.00 e. The van der Waals surface area contributed by atoms with E-state index in [1.165, 1.54) is 4.46 Å². The predicted octanol–water partition coefficient (Wildman–Crippen LogP) is -1.63. The first-order valence-electron chi connectivity index (χ1n) is 3.09. The van der Waals surface area contributed by atoms with Gasteiger partial charge in [-0.1, -0.05) is 0 Å².